The van der Waals surface area contributed by atoms with E-state index in [0.717, 1.165) is 27.5 Å². The number of para-hydroxylation sites is 4. The molecule has 3 nitrogen and oxygen atoms in total. The third-order valence-electron chi connectivity index (χ3n) is 10.5. The molecule has 11 rings (SSSR count). The van der Waals surface area contributed by atoms with Crippen molar-refractivity contribution in [2.45, 2.75) is 6.92 Å². The van der Waals surface area contributed by atoms with E-state index in [-0.39, 0.29) is 6.85 Å². The highest BCUT2D eigenvalue weighted by atomic mass is 16.3. The van der Waals surface area contributed by atoms with Gasteiger partial charge in [0, 0.05) is 44.2 Å². The molecule has 0 N–H and O–H groups in total. The second-order valence-electron chi connectivity index (χ2n) is 12.9. The maximum absolute atomic E-state index is 6.84. The molecule has 0 radical (unpaired) electrons. The number of nitrogens with zero attached hydrogens (tertiary/aromatic N) is 2. The average molecular weight is 599 g/mol. The van der Waals surface area contributed by atoms with Crippen LogP contribution in [0.5, 0.6) is 0 Å². The van der Waals surface area contributed by atoms with Gasteiger partial charge in [0.25, 0.3) is 0 Å². The summed E-state index contributed by atoms with van der Waals surface area (Å²) >= 11 is 0. The van der Waals surface area contributed by atoms with E-state index < -0.39 is 0 Å². The number of anilines is 2. The van der Waals surface area contributed by atoms with Gasteiger partial charge in [-0.1, -0.05) is 103 Å². The third kappa shape index (κ3) is 3.22. The first-order valence-electron chi connectivity index (χ1n) is 16.3. The van der Waals surface area contributed by atoms with Gasteiger partial charge in [-0.25, -0.2) is 0 Å². The summed E-state index contributed by atoms with van der Waals surface area (Å²) < 4.78 is 9.37. The Morgan fingerprint density at radius 3 is 2.21 bits per heavy atom. The van der Waals surface area contributed by atoms with Crippen LogP contribution in [0.4, 0.5) is 11.4 Å². The molecule has 218 valence electrons. The standard InChI is InChI=1S/C43H27BN2O/c1-26-12-5-8-19-35(26)46-37-23-22-32-30-16-7-10-21-39(30)47-43(32)40(37)33-24-28(27-13-3-2-4-14-27)25-38-41(33)44(46)34-18-11-17-31-29-15-6-9-20-36(29)45(38)42(31)34/h2-25H,1H3. The van der Waals surface area contributed by atoms with Crippen LogP contribution in [-0.2, 0) is 0 Å². The Balaban J connectivity index is 1.38. The van der Waals surface area contributed by atoms with Crippen molar-refractivity contribution in [2.24, 2.45) is 0 Å². The van der Waals surface area contributed by atoms with Crippen LogP contribution in [0.3, 0.4) is 0 Å². The number of aryl methyl sites for hydroxylation is 1. The van der Waals surface area contributed by atoms with Crippen molar-refractivity contribution in [3.63, 3.8) is 0 Å². The van der Waals surface area contributed by atoms with Crippen LogP contribution in [-0.4, -0.2) is 11.4 Å². The smallest absolute Gasteiger partial charge is 0.333 e. The summed E-state index contributed by atoms with van der Waals surface area (Å²) in [5.74, 6) is 0. The van der Waals surface area contributed by atoms with Crippen molar-refractivity contribution in [1.82, 2.24) is 4.57 Å². The lowest BCUT2D eigenvalue weighted by molar-refractivity contribution is 0.670. The minimum Gasteiger partial charge on any atom is -0.455 e. The summed E-state index contributed by atoms with van der Waals surface area (Å²) in [6.45, 7) is 2.20. The summed E-state index contributed by atoms with van der Waals surface area (Å²) in [7, 11) is 0. The fourth-order valence-electron chi connectivity index (χ4n) is 8.54. The molecule has 2 aromatic heterocycles. The second kappa shape index (κ2) is 9.05. The van der Waals surface area contributed by atoms with Crippen LogP contribution < -0.4 is 15.7 Å². The molecule has 4 heterocycles. The van der Waals surface area contributed by atoms with Crippen molar-refractivity contribution in [3.8, 4) is 27.9 Å². The number of fused-ring (bicyclic) bond motifs is 11. The van der Waals surface area contributed by atoms with Crippen LogP contribution in [0.2, 0.25) is 0 Å². The number of rotatable bonds is 2. The number of furan rings is 1. The van der Waals surface area contributed by atoms with Gasteiger partial charge in [-0.05, 0) is 82.6 Å². The zero-order valence-electron chi connectivity index (χ0n) is 25.7. The third-order valence-corrected chi connectivity index (χ3v) is 10.5. The number of hydrogen-bond acceptors (Lipinski definition) is 2. The van der Waals surface area contributed by atoms with Crippen molar-refractivity contribution in [1.29, 1.82) is 0 Å². The van der Waals surface area contributed by atoms with E-state index in [4.69, 9.17) is 4.42 Å². The normalized spacial score (nSPS) is 13.1. The van der Waals surface area contributed by atoms with E-state index in [2.05, 4.69) is 162 Å². The van der Waals surface area contributed by atoms with Crippen LogP contribution in [0.25, 0.3) is 71.7 Å². The topological polar surface area (TPSA) is 21.3 Å². The molecule has 0 spiro atoms. The summed E-state index contributed by atoms with van der Waals surface area (Å²) in [5.41, 5.74) is 16.6. The monoisotopic (exact) mass is 598 g/mol. The Kier molecular flexibility index (Phi) is 4.86. The van der Waals surface area contributed by atoms with Crippen LogP contribution in [0.15, 0.2) is 150 Å². The molecule has 0 aliphatic carbocycles. The maximum Gasteiger partial charge on any atom is 0.333 e. The Hall–Kier alpha value is -6.00. The van der Waals surface area contributed by atoms with E-state index in [1.54, 1.807) is 0 Å². The van der Waals surface area contributed by atoms with Crippen LogP contribution >= 0.6 is 0 Å². The number of hydrogen-bond donors (Lipinski definition) is 0. The Morgan fingerprint density at radius 1 is 0.553 bits per heavy atom. The second-order valence-corrected chi connectivity index (χ2v) is 12.9. The average Bonchev–Trinajstić information content (AvgIpc) is 3.67. The first-order valence-corrected chi connectivity index (χ1v) is 16.3. The maximum atomic E-state index is 6.84. The first-order chi connectivity index (χ1) is 23.3. The SMILES string of the molecule is Cc1ccccc1N1B2c3c(cc(-c4ccccc4)cc3-n3c4ccccc4c4cccc2c43)-c2c1ccc1c2oc2ccccc21. The molecular weight excluding hydrogens is 571 g/mol. The predicted octanol–water partition coefficient (Wildman–Crippen LogP) is 9.90. The lowest BCUT2D eigenvalue weighted by Gasteiger charge is -2.42. The minimum atomic E-state index is -0.0271. The van der Waals surface area contributed by atoms with E-state index in [1.807, 2.05) is 0 Å². The van der Waals surface area contributed by atoms with E-state index in [0.29, 0.717) is 0 Å². The van der Waals surface area contributed by atoms with Crippen molar-refractivity contribution >= 4 is 72.9 Å². The quantitative estimate of drug-likeness (QED) is 0.185. The van der Waals surface area contributed by atoms with Crippen LogP contribution in [0, 0.1) is 6.92 Å². The van der Waals surface area contributed by atoms with Crippen molar-refractivity contribution in [3.05, 3.63) is 151 Å². The van der Waals surface area contributed by atoms with E-state index in [9.17, 15) is 0 Å². The van der Waals surface area contributed by atoms with Gasteiger partial charge in [-0.3, -0.25) is 0 Å². The first kappa shape index (κ1) is 25.2. The zero-order chi connectivity index (χ0) is 30.8. The number of aromatic nitrogens is 1. The summed E-state index contributed by atoms with van der Waals surface area (Å²) in [5, 5.41) is 4.86. The fraction of sp³-hybridized carbons (Fsp3) is 0.0233. The van der Waals surface area contributed by atoms with Gasteiger partial charge < -0.3 is 13.8 Å². The Bertz CT molecular complexity index is 2770. The summed E-state index contributed by atoms with van der Waals surface area (Å²) in [6.07, 6.45) is 0. The largest absolute Gasteiger partial charge is 0.455 e. The van der Waals surface area contributed by atoms with Gasteiger partial charge in [-0.15, -0.1) is 0 Å². The van der Waals surface area contributed by atoms with Crippen molar-refractivity contribution in [2.75, 3.05) is 4.81 Å². The molecule has 0 fully saturated rings. The molecule has 0 amide bonds. The Morgan fingerprint density at radius 2 is 1.32 bits per heavy atom. The highest BCUT2D eigenvalue weighted by molar-refractivity contribution is 6.93. The summed E-state index contributed by atoms with van der Waals surface area (Å²) in [4.78, 5) is 2.58. The molecule has 7 aromatic carbocycles. The van der Waals surface area contributed by atoms with Gasteiger partial charge in [0.2, 0.25) is 0 Å². The zero-order valence-corrected chi connectivity index (χ0v) is 25.7. The molecule has 0 saturated heterocycles. The molecule has 4 heteroatoms. The van der Waals surface area contributed by atoms with Gasteiger partial charge in [0.15, 0.2) is 0 Å². The highest BCUT2D eigenvalue weighted by Crippen LogP contribution is 2.49. The predicted molar refractivity (Wildman–Crippen MR) is 197 cm³/mol. The highest BCUT2D eigenvalue weighted by Gasteiger charge is 2.45. The molecule has 9 aromatic rings. The molecule has 0 atom stereocenters. The molecule has 0 unspecified atom stereocenters. The van der Waals surface area contributed by atoms with Gasteiger partial charge in [0.1, 0.15) is 11.2 Å². The van der Waals surface area contributed by atoms with Gasteiger partial charge >= 0.3 is 6.85 Å². The molecule has 0 saturated carbocycles. The minimum absolute atomic E-state index is 0.0271. The van der Waals surface area contributed by atoms with E-state index in [1.165, 1.54) is 72.0 Å². The van der Waals surface area contributed by atoms with Crippen molar-refractivity contribution < 1.29 is 4.42 Å². The fourth-order valence-corrected chi connectivity index (χ4v) is 8.54. The van der Waals surface area contributed by atoms with Gasteiger partial charge in [0.05, 0.1) is 11.0 Å². The summed E-state index contributed by atoms with van der Waals surface area (Å²) in [6, 6.07) is 53.2. The molecule has 2 aliphatic rings. The molecule has 0 bridgehead atoms. The molecule has 2 aliphatic heterocycles. The lowest BCUT2D eigenvalue weighted by atomic mass is 9.43. The van der Waals surface area contributed by atoms with E-state index >= 15 is 0 Å². The van der Waals surface area contributed by atoms with Crippen LogP contribution in [0.1, 0.15) is 5.56 Å². The number of benzene rings is 7. The van der Waals surface area contributed by atoms with Gasteiger partial charge in [-0.2, -0.15) is 0 Å². The lowest BCUT2D eigenvalue weighted by Crippen LogP contribution is -2.60. The Labute approximate surface area is 272 Å². The molecular formula is C43H27BN2O. The molecule has 47 heavy (non-hydrogen) atoms.